The van der Waals surface area contributed by atoms with Gasteiger partial charge in [0.15, 0.2) is 5.65 Å². The van der Waals surface area contributed by atoms with Crippen molar-refractivity contribution in [3.8, 4) is 22.5 Å². The van der Waals surface area contributed by atoms with E-state index in [1.807, 2.05) is 0 Å². The number of benzene rings is 2. The van der Waals surface area contributed by atoms with Crippen LogP contribution in [0.1, 0.15) is 11.3 Å². The lowest BCUT2D eigenvalue weighted by Crippen LogP contribution is -2.04. The predicted octanol–water partition coefficient (Wildman–Crippen LogP) is 6.26. The molecule has 4 aromatic rings. The van der Waals surface area contributed by atoms with Crippen molar-refractivity contribution < 1.29 is 18.3 Å². The number of nitrogens with zero attached hydrogens (tertiary/aromatic N) is 3. The first kappa shape index (κ1) is 19.0. The summed E-state index contributed by atoms with van der Waals surface area (Å²) in [4.78, 5) is 4.49. The number of hydrogen-bond donors (Lipinski definition) is 1. The molecule has 0 aliphatic rings. The largest absolute Gasteiger partial charge is 0.506 e. The molecule has 2 aromatic heterocycles. The first-order chi connectivity index (χ1) is 13.7. The lowest BCUT2D eigenvalue weighted by atomic mass is 10.1. The van der Waals surface area contributed by atoms with E-state index in [1.165, 1.54) is 16.6 Å². The molecular weight excluding hydrogens is 403 g/mol. The average molecular weight is 416 g/mol. The van der Waals surface area contributed by atoms with Gasteiger partial charge in [0.2, 0.25) is 0 Å². The molecule has 0 saturated carbocycles. The zero-order valence-corrected chi connectivity index (χ0v) is 15.5. The Balaban J connectivity index is 1.91. The Morgan fingerprint density at radius 1 is 0.966 bits per heavy atom. The standard InChI is InChI=1S/C21H13ClF3N3O/c1-12(29)17-11-20-26-18(13-2-6-15(7-3-13)21(23,24)25)10-19(28(20)27-17)14-4-8-16(22)9-5-14/h2-11,29H,1H2. The predicted molar refractivity (Wildman–Crippen MR) is 106 cm³/mol. The Kier molecular flexibility index (Phi) is 4.55. The van der Waals surface area contributed by atoms with Crippen molar-refractivity contribution in [3.63, 3.8) is 0 Å². The van der Waals surface area contributed by atoms with Crippen LogP contribution in [-0.4, -0.2) is 19.7 Å². The SMILES string of the molecule is C=C(O)c1cc2nc(-c3ccc(C(F)(F)F)cc3)cc(-c3ccc(Cl)cc3)n2n1. The summed E-state index contributed by atoms with van der Waals surface area (Å²) in [7, 11) is 0. The normalized spacial score (nSPS) is 11.7. The molecule has 0 bridgehead atoms. The highest BCUT2D eigenvalue weighted by molar-refractivity contribution is 6.30. The highest BCUT2D eigenvalue weighted by Gasteiger charge is 2.30. The molecule has 0 aliphatic carbocycles. The van der Waals surface area contributed by atoms with Crippen molar-refractivity contribution in [2.24, 2.45) is 0 Å². The Morgan fingerprint density at radius 2 is 1.59 bits per heavy atom. The van der Waals surface area contributed by atoms with Gasteiger partial charge >= 0.3 is 6.18 Å². The van der Waals surface area contributed by atoms with Gasteiger partial charge in [-0.3, -0.25) is 0 Å². The monoisotopic (exact) mass is 415 g/mol. The van der Waals surface area contributed by atoms with E-state index in [1.54, 1.807) is 36.4 Å². The highest BCUT2D eigenvalue weighted by atomic mass is 35.5. The number of alkyl halides is 3. The fraction of sp³-hybridized carbons (Fsp3) is 0.0476. The van der Waals surface area contributed by atoms with Gasteiger partial charge in [0.25, 0.3) is 0 Å². The molecule has 0 atom stereocenters. The third-order valence-corrected chi connectivity index (χ3v) is 4.62. The second-order valence-electron chi connectivity index (χ2n) is 6.35. The van der Waals surface area contributed by atoms with Gasteiger partial charge in [-0.05, 0) is 30.3 Å². The summed E-state index contributed by atoms with van der Waals surface area (Å²) in [6, 6.07) is 15.1. The first-order valence-corrected chi connectivity index (χ1v) is 8.83. The quantitative estimate of drug-likeness (QED) is 0.401. The molecule has 1 N–H and O–H groups in total. The van der Waals surface area contributed by atoms with E-state index in [4.69, 9.17) is 11.6 Å². The molecule has 0 saturated heterocycles. The molecule has 0 amide bonds. The maximum Gasteiger partial charge on any atom is 0.416 e. The van der Waals surface area contributed by atoms with Gasteiger partial charge < -0.3 is 5.11 Å². The average Bonchev–Trinajstić information content (AvgIpc) is 3.12. The number of rotatable bonds is 3. The molecule has 0 spiro atoms. The summed E-state index contributed by atoms with van der Waals surface area (Å²) in [6.45, 7) is 3.48. The van der Waals surface area contributed by atoms with Gasteiger partial charge in [0.05, 0.1) is 17.0 Å². The molecule has 2 heterocycles. The van der Waals surface area contributed by atoms with Crippen molar-refractivity contribution in [2.75, 3.05) is 0 Å². The zero-order valence-electron chi connectivity index (χ0n) is 14.8. The molecule has 0 radical (unpaired) electrons. The molecule has 4 rings (SSSR count). The van der Waals surface area contributed by atoms with E-state index in [9.17, 15) is 18.3 Å². The minimum absolute atomic E-state index is 0.214. The molecule has 8 heteroatoms. The summed E-state index contributed by atoms with van der Waals surface area (Å²) in [5, 5.41) is 14.6. The summed E-state index contributed by atoms with van der Waals surface area (Å²) in [5.41, 5.74) is 2.31. The number of halogens is 4. The Hall–Kier alpha value is -3.32. The minimum Gasteiger partial charge on any atom is -0.506 e. The van der Waals surface area contributed by atoms with E-state index in [0.29, 0.717) is 27.6 Å². The van der Waals surface area contributed by atoms with Crippen LogP contribution in [0.3, 0.4) is 0 Å². The molecule has 146 valence electrons. The topological polar surface area (TPSA) is 50.4 Å². The van der Waals surface area contributed by atoms with Crippen molar-refractivity contribution in [1.82, 2.24) is 14.6 Å². The van der Waals surface area contributed by atoms with E-state index < -0.39 is 11.7 Å². The number of aliphatic hydroxyl groups is 1. The zero-order chi connectivity index (χ0) is 20.8. The van der Waals surface area contributed by atoms with Crippen LogP contribution in [0.25, 0.3) is 33.9 Å². The van der Waals surface area contributed by atoms with Crippen molar-refractivity contribution in [2.45, 2.75) is 6.18 Å². The van der Waals surface area contributed by atoms with Crippen LogP contribution in [0, 0.1) is 0 Å². The van der Waals surface area contributed by atoms with Crippen LogP contribution in [-0.2, 0) is 6.18 Å². The van der Waals surface area contributed by atoms with E-state index >= 15 is 0 Å². The molecular formula is C21H13ClF3N3O. The molecule has 4 nitrogen and oxygen atoms in total. The Labute approximate surface area is 168 Å². The number of aromatic nitrogens is 3. The number of hydrogen-bond acceptors (Lipinski definition) is 3. The second-order valence-corrected chi connectivity index (χ2v) is 6.79. The number of aliphatic hydroxyl groups excluding tert-OH is 1. The smallest absolute Gasteiger partial charge is 0.416 e. The van der Waals surface area contributed by atoms with Gasteiger partial charge in [0.1, 0.15) is 11.5 Å². The molecule has 0 unspecified atom stereocenters. The minimum atomic E-state index is -4.41. The van der Waals surface area contributed by atoms with Crippen LogP contribution < -0.4 is 0 Å². The van der Waals surface area contributed by atoms with E-state index in [2.05, 4.69) is 16.7 Å². The van der Waals surface area contributed by atoms with Gasteiger partial charge in [0, 0.05) is 22.2 Å². The number of fused-ring (bicyclic) bond motifs is 1. The van der Waals surface area contributed by atoms with Crippen LogP contribution >= 0.6 is 11.6 Å². The fourth-order valence-electron chi connectivity index (χ4n) is 2.92. The van der Waals surface area contributed by atoms with Crippen LogP contribution in [0.2, 0.25) is 5.02 Å². The van der Waals surface area contributed by atoms with Gasteiger partial charge in [-0.25, -0.2) is 9.50 Å². The molecule has 0 aliphatic heterocycles. The summed E-state index contributed by atoms with van der Waals surface area (Å²) < 4.78 is 40.1. The molecule has 2 aromatic carbocycles. The maximum atomic E-state index is 12.9. The highest BCUT2D eigenvalue weighted by Crippen LogP contribution is 2.32. The fourth-order valence-corrected chi connectivity index (χ4v) is 3.05. The summed E-state index contributed by atoms with van der Waals surface area (Å²) in [5.74, 6) is -0.214. The van der Waals surface area contributed by atoms with Crippen LogP contribution in [0.5, 0.6) is 0 Å². The van der Waals surface area contributed by atoms with Crippen molar-refractivity contribution >= 4 is 23.0 Å². The summed E-state index contributed by atoms with van der Waals surface area (Å²) in [6.07, 6.45) is -4.41. The Morgan fingerprint density at radius 3 is 2.17 bits per heavy atom. The van der Waals surface area contributed by atoms with Crippen molar-refractivity contribution in [1.29, 1.82) is 0 Å². The molecule has 0 fully saturated rings. The summed E-state index contributed by atoms with van der Waals surface area (Å²) >= 11 is 5.97. The maximum absolute atomic E-state index is 12.9. The lowest BCUT2D eigenvalue weighted by Gasteiger charge is -2.10. The lowest BCUT2D eigenvalue weighted by molar-refractivity contribution is -0.137. The van der Waals surface area contributed by atoms with Crippen LogP contribution in [0.15, 0.2) is 67.2 Å². The Bertz CT molecular complexity index is 1210. The van der Waals surface area contributed by atoms with Crippen molar-refractivity contribution in [3.05, 3.63) is 83.5 Å². The van der Waals surface area contributed by atoms with E-state index in [-0.39, 0.29) is 11.5 Å². The second kappa shape index (κ2) is 6.93. The third kappa shape index (κ3) is 3.69. The van der Waals surface area contributed by atoms with Crippen LogP contribution in [0.4, 0.5) is 13.2 Å². The van der Waals surface area contributed by atoms with Gasteiger partial charge in [-0.1, -0.05) is 42.4 Å². The van der Waals surface area contributed by atoms with Gasteiger partial charge in [-0.15, -0.1) is 0 Å². The van der Waals surface area contributed by atoms with E-state index in [0.717, 1.165) is 17.7 Å². The first-order valence-electron chi connectivity index (χ1n) is 8.45. The van der Waals surface area contributed by atoms with Gasteiger partial charge in [-0.2, -0.15) is 18.3 Å². The third-order valence-electron chi connectivity index (χ3n) is 4.37. The molecule has 29 heavy (non-hydrogen) atoms.